The zero-order valence-electron chi connectivity index (χ0n) is 16.2. The summed E-state index contributed by atoms with van der Waals surface area (Å²) in [7, 11) is 1.83. The summed E-state index contributed by atoms with van der Waals surface area (Å²) in [6.07, 6.45) is 3.65. The lowest BCUT2D eigenvalue weighted by molar-refractivity contribution is 0.0716. The molecule has 0 spiro atoms. The first-order chi connectivity index (χ1) is 13.1. The third-order valence-corrected chi connectivity index (χ3v) is 4.62. The maximum Gasteiger partial charge on any atom is 0.272 e. The van der Waals surface area contributed by atoms with Crippen molar-refractivity contribution in [2.24, 2.45) is 7.05 Å². The molecule has 2 aromatic heterocycles. The molecular formula is C22H26N4O. The fourth-order valence-electron chi connectivity index (χ4n) is 3.14. The summed E-state index contributed by atoms with van der Waals surface area (Å²) in [5.41, 5.74) is 4.66. The molecule has 5 heteroatoms. The SMILES string of the molecule is CCCc1cc(C(=O)N(Cc2ccccc2)Cc2ncccc2C)n(C)n1. The van der Waals surface area contributed by atoms with Crippen molar-refractivity contribution >= 4 is 5.91 Å². The fourth-order valence-corrected chi connectivity index (χ4v) is 3.14. The smallest absolute Gasteiger partial charge is 0.272 e. The van der Waals surface area contributed by atoms with Gasteiger partial charge >= 0.3 is 0 Å². The van der Waals surface area contributed by atoms with E-state index < -0.39 is 0 Å². The molecule has 1 amide bonds. The number of nitrogens with zero attached hydrogens (tertiary/aromatic N) is 4. The molecule has 0 radical (unpaired) electrons. The van der Waals surface area contributed by atoms with Crippen molar-refractivity contribution in [3.05, 3.63) is 82.9 Å². The summed E-state index contributed by atoms with van der Waals surface area (Å²) in [4.78, 5) is 19.7. The standard InChI is InChI=1S/C22H26N4O/c1-4-9-19-14-21(25(3)24-19)22(27)26(15-18-11-6-5-7-12-18)16-20-17(2)10-8-13-23-20/h5-8,10-14H,4,9,15-16H2,1-3H3. The molecular weight excluding hydrogens is 336 g/mol. The predicted molar refractivity (Wildman–Crippen MR) is 106 cm³/mol. The van der Waals surface area contributed by atoms with Gasteiger partial charge in [0, 0.05) is 19.8 Å². The maximum absolute atomic E-state index is 13.3. The third-order valence-electron chi connectivity index (χ3n) is 4.62. The molecule has 27 heavy (non-hydrogen) atoms. The summed E-state index contributed by atoms with van der Waals surface area (Å²) in [6.45, 7) is 5.14. The Morgan fingerprint density at radius 3 is 2.59 bits per heavy atom. The predicted octanol–water partition coefficient (Wildman–Crippen LogP) is 3.92. The highest BCUT2D eigenvalue weighted by atomic mass is 16.2. The van der Waals surface area contributed by atoms with Crippen molar-refractivity contribution in [1.82, 2.24) is 19.7 Å². The number of aromatic nitrogens is 3. The van der Waals surface area contributed by atoms with Gasteiger partial charge in [0.05, 0.1) is 17.9 Å². The highest BCUT2D eigenvalue weighted by molar-refractivity contribution is 5.92. The van der Waals surface area contributed by atoms with E-state index in [1.165, 1.54) is 0 Å². The van der Waals surface area contributed by atoms with Crippen molar-refractivity contribution in [2.45, 2.75) is 39.8 Å². The minimum absolute atomic E-state index is 0.0266. The Morgan fingerprint density at radius 2 is 1.89 bits per heavy atom. The fraction of sp³-hybridized carbons (Fsp3) is 0.318. The van der Waals surface area contributed by atoms with Crippen LogP contribution in [0.15, 0.2) is 54.7 Å². The van der Waals surface area contributed by atoms with E-state index in [-0.39, 0.29) is 5.91 Å². The number of carbonyl (C=O) groups excluding carboxylic acids is 1. The number of pyridine rings is 1. The van der Waals surface area contributed by atoms with Crippen LogP contribution in [0.5, 0.6) is 0 Å². The molecule has 5 nitrogen and oxygen atoms in total. The molecule has 0 atom stereocenters. The van der Waals surface area contributed by atoms with E-state index in [1.807, 2.05) is 67.4 Å². The lowest BCUT2D eigenvalue weighted by Crippen LogP contribution is -2.32. The first kappa shape index (κ1) is 18.8. The summed E-state index contributed by atoms with van der Waals surface area (Å²) in [5, 5.41) is 4.49. The lowest BCUT2D eigenvalue weighted by Gasteiger charge is -2.23. The first-order valence-corrected chi connectivity index (χ1v) is 9.35. The average molecular weight is 362 g/mol. The molecule has 0 aliphatic carbocycles. The number of aryl methyl sites for hydroxylation is 3. The molecule has 3 rings (SSSR count). The van der Waals surface area contributed by atoms with Gasteiger partial charge in [0.2, 0.25) is 0 Å². The van der Waals surface area contributed by atoms with Gasteiger partial charge < -0.3 is 4.90 Å². The Balaban J connectivity index is 1.91. The van der Waals surface area contributed by atoms with Crippen LogP contribution in [0.25, 0.3) is 0 Å². The molecule has 0 aliphatic rings. The Hall–Kier alpha value is -2.95. The molecule has 1 aromatic carbocycles. The highest BCUT2D eigenvalue weighted by Crippen LogP contribution is 2.16. The molecule has 140 valence electrons. The second kappa shape index (κ2) is 8.62. The van der Waals surface area contributed by atoms with E-state index in [9.17, 15) is 4.79 Å². The van der Waals surface area contributed by atoms with Crippen LogP contribution in [0, 0.1) is 6.92 Å². The van der Waals surface area contributed by atoms with Gasteiger partial charge in [-0.15, -0.1) is 0 Å². The topological polar surface area (TPSA) is 51.0 Å². The summed E-state index contributed by atoms with van der Waals surface area (Å²) in [5.74, 6) is -0.0266. The second-order valence-electron chi connectivity index (χ2n) is 6.81. The zero-order valence-corrected chi connectivity index (χ0v) is 16.2. The Labute approximate surface area is 160 Å². The van der Waals surface area contributed by atoms with Crippen molar-refractivity contribution in [1.29, 1.82) is 0 Å². The van der Waals surface area contributed by atoms with E-state index >= 15 is 0 Å². The number of hydrogen-bond acceptors (Lipinski definition) is 3. The van der Waals surface area contributed by atoms with Gasteiger partial charge in [-0.2, -0.15) is 5.10 Å². The van der Waals surface area contributed by atoms with E-state index in [0.717, 1.165) is 35.4 Å². The largest absolute Gasteiger partial charge is 0.327 e. The Bertz CT molecular complexity index is 902. The van der Waals surface area contributed by atoms with Crippen LogP contribution in [0.4, 0.5) is 0 Å². The first-order valence-electron chi connectivity index (χ1n) is 9.35. The van der Waals surface area contributed by atoms with Crippen molar-refractivity contribution in [3.63, 3.8) is 0 Å². The van der Waals surface area contributed by atoms with E-state index in [4.69, 9.17) is 0 Å². The maximum atomic E-state index is 13.3. The van der Waals surface area contributed by atoms with Crippen LogP contribution in [0.2, 0.25) is 0 Å². The van der Waals surface area contributed by atoms with Crippen LogP contribution in [0.3, 0.4) is 0 Å². The van der Waals surface area contributed by atoms with Gasteiger partial charge in [-0.25, -0.2) is 0 Å². The minimum Gasteiger partial charge on any atom is -0.327 e. The summed E-state index contributed by atoms with van der Waals surface area (Å²) in [6, 6.07) is 15.9. The molecule has 0 N–H and O–H groups in total. The van der Waals surface area contributed by atoms with Gasteiger partial charge in [0.1, 0.15) is 5.69 Å². The normalized spacial score (nSPS) is 10.8. The second-order valence-corrected chi connectivity index (χ2v) is 6.81. The van der Waals surface area contributed by atoms with Crippen LogP contribution in [-0.4, -0.2) is 25.6 Å². The molecule has 2 heterocycles. The average Bonchev–Trinajstić information content (AvgIpc) is 3.04. The Kier molecular flexibility index (Phi) is 6.01. The number of hydrogen-bond donors (Lipinski definition) is 0. The van der Waals surface area contributed by atoms with Crippen LogP contribution in [-0.2, 0) is 26.6 Å². The number of carbonyl (C=O) groups is 1. The molecule has 0 saturated heterocycles. The minimum atomic E-state index is -0.0266. The zero-order chi connectivity index (χ0) is 19.2. The summed E-state index contributed by atoms with van der Waals surface area (Å²) >= 11 is 0. The van der Waals surface area contributed by atoms with E-state index in [1.54, 1.807) is 10.9 Å². The Morgan fingerprint density at radius 1 is 1.11 bits per heavy atom. The van der Waals surface area contributed by atoms with Gasteiger partial charge in [-0.3, -0.25) is 14.5 Å². The quantitative estimate of drug-likeness (QED) is 0.640. The summed E-state index contributed by atoms with van der Waals surface area (Å²) < 4.78 is 1.69. The molecule has 0 fully saturated rings. The molecule has 3 aromatic rings. The number of rotatable bonds is 7. The number of amides is 1. The van der Waals surface area contributed by atoms with Gasteiger partial charge in [0.25, 0.3) is 5.91 Å². The highest BCUT2D eigenvalue weighted by Gasteiger charge is 2.22. The monoisotopic (exact) mass is 362 g/mol. The van der Waals surface area contributed by atoms with Crippen LogP contribution < -0.4 is 0 Å². The van der Waals surface area contributed by atoms with Crippen LogP contribution >= 0.6 is 0 Å². The van der Waals surface area contributed by atoms with Gasteiger partial charge in [-0.1, -0.05) is 49.7 Å². The van der Waals surface area contributed by atoms with Gasteiger partial charge in [-0.05, 0) is 36.6 Å². The molecule has 0 unspecified atom stereocenters. The third kappa shape index (κ3) is 4.61. The van der Waals surface area contributed by atoms with E-state index in [0.29, 0.717) is 18.8 Å². The van der Waals surface area contributed by atoms with E-state index in [2.05, 4.69) is 17.0 Å². The van der Waals surface area contributed by atoms with Crippen LogP contribution in [0.1, 0.15) is 46.3 Å². The molecule has 0 aliphatic heterocycles. The lowest BCUT2D eigenvalue weighted by atomic mass is 10.1. The number of benzene rings is 1. The van der Waals surface area contributed by atoms with Gasteiger partial charge in [0.15, 0.2) is 0 Å². The van der Waals surface area contributed by atoms with Crippen molar-refractivity contribution in [3.8, 4) is 0 Å². The molecule has 0 bridgehead atoms. The van der Waals surface area contributed by atoms with Crippen molar-refractivity contribution < 1.29 is 4.79 Å². The van der Waals surface area contributed by atoms with Crippen molar-refractivity contribution in [2.75, 3.05) is 0 Å². The molecule has 0 saturated carbocycles.